The smallest absolute Gasteiger partial charge is 0.0882 e. The minimum Gasteiger partial charge on any atom is -0.258 e. The standard InChI is InChI=1S/C14H14N2.Cu/c1-3-14(4-2)9-8-13(16-11-14)12-7-5-6-10-15-12;/h3-8,10-11H,1-2,9H2;. The molecule has 0 aliphatic carbocycles. The van der Waals surface area contributed by atoms with Crippen molar-refractivity contribution in [1.29, 1.82) is 0 Å². The molecule has 0 saturated carbocycles. The Morgan fingerprint density at radius 3 is 2.47 bits per heavy atom. The number of aromatic nitrogens is 1. The fraction of sp³-hybridized carbons (Fsp3) is 0.143. The van der Waals surface area contributed by atoms with Gasteiger partial charge < -0.3 is 0 Å². The Hall–Kier alpha value is -1.44. The molecule has 1 aliphatic heterocycles. The van der Waals surface area contributed by atoms with Gasteiger partial charge in [-0.15, -0.1) is 13.2 Å². The van der Waals surface area contributed by atoms with E-state index < -0.39 is 0 Å². The second-order valence-electron chi connectivity index (χ2n) is 3.79. The van der Waals surface area contributed by atoms with Crippen molar-refractivity contribution in [1.82, 2.24) is 4.98 Å². The first-order chi connectivity index (χ1) is 7.79. The molecule has 2 nitrogen and oxygen atoms in total. The molecular weight excluding hydrogens is 260 g/mol. The molecule has 1 aromatic heterocycles. The van der Waals surface area contributed by atoms with Gasteiger partial charge in [-0.05, 0) is 18.6 Å². The van der Waals surface area contributed by atoms with Crippen LogP contribution in [0.15, 0.2) is 60.8 Å². The molecule has 3 heteroatoms. The molecule has 1 aromatic rings. The van der Waals surface area contributed by atoms with E-state index in [-0.39, 0.29) is 22.5 Å². The van der Waals surface area contributed by atoms with Crippen molar-refractivity contribution >= 4 is 11.9 Å². The van der Waals surface area contributed by atoms with Gasteiger partial charge >= 0.3 is 0 Å². The molecule has 0 unspecified atom stereocenters. The summed E-state index contributed by atoms with van der Waals surface area (Å²) in [6.07, 6.45) is 10.3. The van der Waals surface area contributed by atoms with Crippen LogP contribution in [0, 0.1) is 5.41 Å². The van der Waals surface area contributed by atoms with Crippen molar-refractivity contribution in [3.05, 3.63) is 61.5 Å². The van der Waals surface area contributed by atoms with E-state index in [1.54, 1.807) is 6.20 Å². The zero-order chi connectivity index (χ0) is 11.4. The summed E-state index contributed by atoms with van der Waals surface area (Å²) < 4.78 is 0. The molecule has 0 bridgehead atoms. The predicted octanol–water partition coefficient (Wildman–Crippen LogP) is 3.25. The average molecular weight is 274 g/mol. The third-order valence-electron chi connectivity index (χ3n) is 2.78. The summed E-state index contributed by atoms with van der Waals surface area (Å²) in [5.41, 5.74) is 1.62. The summed E-state index contributed by atoms with van der Waals surface area (Å²) in [6, 6.07) is 5.81. The van der Waals surface area contributed by atoms with Crippen molar-refractivity contribution in [2.75, 3.05) is 0 Å². The Labute approximate surface area is 112 Å². The third-order valence-corrected chi connectivity index (χ3v) is 2.78. The molecule has 0 fully saturated rings. The van der Waals surface area contributed by atoms with E-state index in [1.807, 2.05) is 36.6 Å². The van der Waals surface area contributed by atoms with Crippen LogP contribution in [-0.2, 0) is 17.1 Å². The minimum atomic E-state index is -0.196. The zero-order valence-electron chi connectivity index (χ0n) is 9.44. The summed E-state index contributed by atoms with van der Waals surface area (Å²) in [5.74, 6) is 0. The summed E-state index contributed by atoms with van der Waals surface area (Å²) in [6.45, 7) is 7.64. The van der Waals surface area contributed by atoms with E-state index >= 15 is 0 Å². The van der Waals surface area contributed by atoms with Crippen LogP contribution in [0.25, 0.3) is 5.70 Å². The molecule has 0 amide bonds. The first-order valence-electron chi connectivity index (χ1n) is 5.24. The molecule has 1 aliphatic rings. The van der Waals surface area contributed by atoms with Gasteiger partial charge in [-0.2, -0.15) is 0 Å². The first-order valence-corrected chi connectivity index (χ1v) is 5.24. The topological polar surface area (TPSA) is 25.2 Å². The van der Waals surface area contributed by atoms with Gasteiger partial charge in [0.25, 0.3) is 0 Å². The van der Waals surface area contributed by atoms with Crippen LogP contribution in [0.2, 0.25) is 0 Å². The summed E-state index contributed by atoms with van der Waals surface area (Å²) in [7, 11) is 0. The van der Waals surface area contributed by atoms with E-state index in [2.05, 4.69) is 29.2 Å². The molecule has 17 heavy (non-hydrogen) atoms. The molecule has 0 N–H and O–H groups in total. The summed E-state index contributed by atoms with van der Waals surface area (Å²) in [4.78, 5) is 8.69. The van der Waals surface area contributed by atoms with Crippen LogP contribution in [0.3, 0.4) is 0 Å². The maximum atomic E-state index is 4.43. The molecule has 91 valence electrons. The average Bonchev–Trinajstić information content (AvgIpc) is 2.40. The number of hydrogen-bond donors (Lipinski definition) is 0. The van der Waals surface area contributed by atoms with Gasteiger partial charge in [0.15, 0.2) is 0 Å². The predicted molar refractivity (Wildman–Crippen MR) is 68.2 cm³/mol. The van der Waals surface area contributed by atoms with Gasteiger partial charge in [-0.1, -0.05) is 24.3 Å². The number of hydrogen-bond acceptors (Lipinski definition) is 2. The van der Waals surface area contributed by atoms with Crippen LogP contribution in [-0.4, -0.2) is 11.2 Å². The van der Waals surface area contributed by atoms with Crippen LogP contribution in [0.5, 0.6) is 0 Å². The molecule has 2 rings (SSSR count). The molecule has 0 atom stereocenters. The second-order valence-corrected chi connectivity index (χ2v) is 3.79. The molecule has 0 saturated heterocycles. The van der Waals surface area contributed by atoms with Crippen LogP contribution >= 0.6 is 0 Å². The third kappa shape index (κ3) is 2.82. The van der Waals surface area contributed by atoms with Crippen LogP contribution < -0.4 is 0 Å². The molecular formula is C14H14CuN2. The minimum absolute atomic E-state index is 0. The largest absolute Gasteiger partial charge is 0.258 e. The molecule has 1 radical (unpaired) electrons. The number of pyridine rings is 1. The van der Waals surface area contributed by atoms with E-state index in [4.69, 9.17) is 0 Å². The van der Waals surface area contributed by atoms with Crippen molar-refractivity contribution in [3.8, 4) is 0 Å². The van der Waals surface area contributed by atoms with Crippen molar-refractivity contribution in [3.63, 3.8) is 0 Å². The monoisotopic (exact) mass is 273 g/mol. The Kier molecular flexibility index (Phi) is 4.62. The van der Waals surface area contributed by atoms with Gasteiger partial charge in [-0.25, -0.2) is 0 Å². The molecule has 0 spiro atoms. The Balaban J connectivity index is 0.00000144. The number of rotatable bonds is 3. The van der Waals surface area contributed by atoms with Gasteiger partial charge in [-0.3, -0.25) is 9.98 Å². The molecule has 2 heterocycles. The van der Waals surface area contributed by atoms with Crippen molar-refractivity contribution in [2.45, 2.75) is 6.42 Å². The molecule has 0 aromatic carbocycles. The van der Waals surface area contributed by atoms with Crippen molar-refractivity contribution < 1.29 is 17.1 Å². The van der Waals surface area contributed by atoms with E-state index in [1.165, 1.54) is 0 Å². The Morgan fingerprint density at radius 2 is 2.00 bits per heavy atom. The Morgan fingerprint density at radius 1 is 1.24 bits per heavy atom. The van der Waals surface area contributed by atoms with E-state index in [0.29, 0.717) is 0 Å². The maximum Gasteiger partial charge on any atom is 0.0882 e. The maximum absolute atomic E-state index is 4.43. The van der Waals surface area contributed by atoms with Gasteiger partial charge in [0.2, 0.25) is 0 Å². The van der Waals surface area contributed by atoms with E-state index in [9.17, 15) is 0 Å². The summed E-state index contributed by atoms with van der Waals surface area (Å²) in [5, 5.41) is 0. The van der Waals surface area contributed by atoms with Gasteiger partial charge in [0.05, 0.1) is 11.4 Å². The second kappa shape index (κ2) is 5.76. The zero-order valence-corrected chi connectivity index (χ0v) is 10.4. The number of aliphatic imine (C=N–C) groups is 1. The van der Waals surface area contributed by atoms with E-state index in [0.717, 1.165) is 17.8 Å². The van der Waals surface area contributed by atoms with Crippen LogP contribution in [0.1, 0.15) is 12.1 Å². The van der Waals surface area contributed by atoms with Crippen LogP contribution in [0.4, 0.5) is 0 Å². The fourth-order valence-electron chi connectivity index (χ4n) is 1.61. The normalized spacial score (nSPS) is 16.6. The first kappa shape index (κ1) is 13.6. The van der Waals surface area contributed by atoms with Gasteiger partial charge in [0.1, 0.15) is 0 Å². The fourth-order valence-corrected chi connectivity index (χ4v) is 1.61. The SMILES string of the molecule is C=CC1(C=C)C=NC(c2ccccn2)=CC1.[Cu]. The number of nitrogens with zero attached hydrogens (tertiary/aromatic N) is 2. The van der Waals surface area contributed by atoms with Crippen molar-refractivity contribution in [2.24, 2.45) is 10.4 Å². The Bertz CT molecular complexity index is 452. The van der Waals surface area contributed by atoms with Gasteiger partial charge in [0, 0.05) is 34.9 Å². The number of allylic oxidation sites excluding steroid dienone is 3. The summed E-state index contributed by atoms with van der Waals surface area (Å²) >= 11 is 0. The quantitative estimate of drug-likeness (QED) is 0.613.